The normalized spacial score (nSPS) is 13.9. The average molecular weight is 250 g/mol. The number of nitrogens with two attached hydrogens (primary N) is 1. The van der Waals surface area contributed by atoms with E-state index in [-0.39, 0.29) is 17.7 Å². The Morgan fingerprint density at radius 1 is 1.39 bits per heavy atom. The molecule has 0 saturated heterocycles. The second-order valence-electron chi connectivity index (χ2n) is 4.68. The van der Waals surface area contributed by atoms with E-state index in [0.29, 0.717) is 6.42 Å². The van der Waals surface area contributed by atoms with Gasteiger partial charge in [0.05, 0.1) is 6.04 Å². The smallest absolute Gasteiger partial charge is 0.237 e. The van der Waals surface area contributed by atoms with E-state index in [1.54, 1.807) is 24.3 Å². The van der Waals surface area contributed by atoms with Crippen molar-refractivity contribution in [1.82, 2.24) is 5.32 Å². The Bertz CT molecular complexity index is 376. The van der Waals surface area contributed by atoms with Crippen LogP contribution in [0.5, 0.6) is 5.75 Å². The molecule has 0 fully saturated rings. The van der Waals surface area contributed by atoms with Gasteiger partial charge >= 0.3 is 0 Å². The largest absolute Gasteiger partial charge is 0.508 e. The van der Waals surface area contributed by atoms with Crippen LogP contribution in [0.15, 0.2) is 24.3 Å². The van der Waals surface area contributed by atoms with E-state index in [2.05, 4.69) is 12.2 Å². The molecular formula is C14H22N2O2. The first kappa shape index (κ1) is 14.5. The SMILES string of the molecule is CCCC(C)NC(=O)C(N)Cc1ccc(O)cc1. The minimum absolute atomic E-state index is 0.121. The predicted molar refractivity (Wildman–Crippen MR) is 72.3 cm³/mol. The quantitative estimate of drug-likeness (QED) is 0.717. The Labute approximate surface area is 108 Å². The third-order valence-corrected chi connectivity index (χ3v) is 2.84. The highest BCUT2D eigenvalue weighted by Gasteiger charge is 2.15. The summed E-state index contributed by atoms with van der Waals surface area (Å²) in [5, 5.41) is 12.1. The van der Waals surface area contributed by atoms with Gasteiger partial charge in [-0.2, -0.15) is 0 Å². The van der Waals surface area contributed by atoms with E-state index in [0.717, 1.165) is 18.4 Å². The van der Waals surface area contributed by atoms with Crippen molar-refractivity contribution >= 4 is 5.91 Å². The van der Waals surface area contributed by atoms with Crippen LogP contribution in [-0.4, -0.2) is 23.1 Å². The fourth-order valence-electron chi connectivity index (χ4n) is 1.83. The molecule has 0 aliphatic rings. The highest BCUT2D eigenvalue weighted by molar-refractivity contribution is 5.82. The molecule has 0 aromatic heterocycles. The molecule has 0 heterocycles. The Morgan fingerprint density at radius 2 is 2.00 bits per heavy atom. The van der Waals surface area contributed by atoms with Crippen molar-refractivity contribution in [1.29, 1.82) is 0 Å². The highest BCUT2D eigenvalue weighted by atomic mass is 16.3. The van der Waals surface area contributed by atoms with Gasteiger partial charge in [0.25, 0.3) is 0 Å². The van der Waals surface area contributed by atoms with E-state index in [1.165, 1.54) is 0 Å². The van der Waals surface area contributed by atoms with Crippen LogP contribution >= 0.6 is 0 Å². The summed E-state index contributed by atoms with van der Waals surface area (Å²) in [5.41, 5.74) is 6.80. The number of phenols is 1. The standard InChI is InChI=1S/C14H22N2O2/c1-3-4-10(2)16-14(18)13(15)9-11-5-7-12(17)8-6-11/h5-8,10,13,17H,3-4,9,15H2,1-2H3,(H,16,18). The zero-order valence-corrected chi connectivity index (χ0v) is 11.0. The van der Waals surface area contributed by atoms with Gasteiger partial charge in [-0.25, -0.2) is 0 Å². The highest BCUT2D eigenvalue weighted by Crippen LogP contribution is 2.11. The predicted octanol–water partition coefficient (Wildman–Crippen LogP) is 1.57. The molecule has 0 aliphatic heterocycles. The number of phenolic OH excluding ortho intramolecular Hbond substituents is 1. The van der Waals surface area contributed by atoms with Gasteiger partial charge in [0.15, 0.2) is 0 Å². The van der Waals surface area contributed by atoms with Gasteiger partial charge in [-0.15, -0.1) is 0 Å². The van der Waals surface area contributed by atoms with Crippen molar-refractivity contribution in [3.8, 4) is 5.75 Å². The lowest BCUT2D eigenvalue weighted by Gasteiger charge is -2.17. The second kappa shape index (κ2) is 7.01. The fourth-order valence-corrected chi connectivity index (χ4v) is 1.83. The van der Waals surface area contributed by atoms with Crippen LogP contribution in [0.1, 0.15) is 32.3 Å². The zero-order valence-electron chi connectivity index (χ0n) is 11.0. The molecule has 1 amide bonds. The van der Waals surface area contributed by atoms with Gasteiger partial charge < -0.3 is 16.2 Å². The number of rotatable bonds is 6. The molecule has 1 aromatic carbocycles. The minimum Gasteiger partial charge on any atom is -0.508 e. The molecular weight excluding hydrogens is 228 g/mol. The summed E-state index contributed by atoms with van der Waals surface area (Å²) >= 11 is 0. The van der Waals surface area contributed by atoms with Crippen molar-refractivity contribution in [3.63, 3.8) is 0 Å². The molecule has 2 atom stereocenters. The van der Waals surface area contributed by atoms with Gasteiger partial charge in [0.1, 0.15) is 5.75 Å². The second-order valence-corrected chi connectivity index (χ2v) is 4.68. The van der Waals surface area contributed by atoms with E-state index in [9.17, 15) is 4.79 Å². The Morgan fingerprint density at radius 3 is 2.56 bits per heavy atom. The summed E-state index contributed by atoms with van der Waals surface area (Å²) in [4.78, 5) is 11.8. The third-order valence-electron chi connectivity index (χ3n) is 2.84. The lowest BCUT2D eigenvalue weighted by molar-refractivity contribution is -0.123. The van der Waals surface area contributed by atoms with E-state index < -0.39 is 6.04 Å². The van der Waals surface area contributed by atoms with Crippen LogP contribution in [0.2, 0.25) is 0 Å². The van der Waals surface area contributed by atoms with Gasteiger partial charge in [0.2, 0.25) is 5.91 Å². The van der Waals surface area contributed by atoms with Crippen LogP contribution in [0.25, 0.3) is 0 Å². The van der Waals surface area contributed by atoms with Crippen LogP contribution in [0.4, 0.5) is 0 Å². The van der Waals surface area contributed by atoms with Gasteiger partial charge in [-0.1, -0.05) is 25.5 Å². The Balaban J connectivity index is 2.46. The monoisotopic (exact) mass is 250 g/mol. The topological polar surface area (TPSA) is 75.4 Å². The lowest BCUT2D eigenvalue weighted by atomic mass is 10.1. The molecule has 18 heavy (non-hydrogen) atoms. The van der Waals surface area contributed by atoms with Crippen molar-refractivity contribution in [2.75, 3.05) is 0 Å². The van der Waals surface area contributed by atoms with E-state index in [1.807, 2.05) is 6.92 Å². The summed E-state index contributed by atoms with van der Waals surface area (Å²) in [6, 6.07) is 6.36. The molecule has 4 N–H and O–H groups in total. The molecule has 0 aliphatic carbocycles. The lowest BCUT2D eigenvalue weighted by Crippen LogP contribution is -2.45. The first-order valence-electron chi connectivity index (χ1n) is 6.36. The van der Waals surface area contributed by atoms with E-state index in [4.69, 9.17) is 10.8 Å². The minimum atomic E-state index is -0.547. The fraction of sp³-hybridized carbons (Fsp3) is 0.500. The van der Waals surface area contributed by atoms with Crippen LogP contribution in [0.3, 0.4) is 0 Å². The number of aromatic hydroxyl groups is 1. The number of amides is 1. The van der Waals surface area contributed by atoms with E-state index >= 15 is 0 Å². The number of carbonyl (C=O) groups is 1. The summed E-state index contributed by atoms with van der Waals surface area (Å²) in [6.45, 7) is 4.06. The summed E-state index contributed by atoms with van der Waals surface area (Å²) in [7, 11) is 0. The van der Waals surface area contributed by atoms with Crippen LogP contribution in [-0.2, 0) is 11.2 Å². The first-order valence-corrected chi connectivity index (χ1v) is 6.36. The van der Waals surface area contributed by atoms with Crippen molar-refractivity contribution in [2.45, 2.75) is 45.2 Å². The maximum atomic E-state index is 11.8. The molecule has 0 radical (unpaired) electrons. The molecule has 0 spiro atoms. The summed E-state index contributed by atoms with van der Waals surface area (Å²) in [6.07, 6.45) is 2.47. The molecule has 1 aromatic rings. The van der Waals surface area contributed by atoms with Gasteiger partial charge in [-0.05, 0) is 37.5 Å². The third kappa shape index (κ3) is 4.75. The number of hydrogen-bond acceptors (Lipinski definition) is 3. The molecule has 100 valence electrons. The van der Waals surface area contributed by atoms with Gasteiger partial charge in [0, 0.05) is 6.04 Å². The van der Waals surface area contributed by atoms with Crippen molar-refractivity contribution in [3.05, 3.63) is 29.8 Å². The number of carbonyl (C=O) groups excluding carboxylic acids is 1. The average Bonchev–Trinajstić information content (AvgIpc) is 2.32. The number of nitrogens with one attached hydrogen (secondary N) is 1. The maximum absolute atomic E-state index is 11.8. The Hall–Kier alpha value is -1.55. The first-order chi connectivity index (χ1) is 8.52. The van der Waals surface area contributed by atoms with Crippen LogP contribution in [0, 0.1) is 0 Å². The van der Waals surface area contributed by atoms with Gasteiger partial charge in [-0.3, -0.25) is 4.79 Å². The molecule has 2 unspecified atom stereocenters. The summed E-state index contributed by atoms with van der Waals surface area (Å²) < 4.78 is 0. The molecule has 0 bridgehead atoms. The Kier molecular flexibility index (Phi) is 5.65. The molecule has 4 heteroatoms. The van der Waals surface area contributed by atoms with Crippen LogP contribution < -0.4 is 11.1 Å². The number of benzene rings is 1. The van der Waals surface area contributed by atoms with Crippen molar-refractivity contribution in [2.24, 2.45) is 5.73 Å². The maximum Gasteiger partial charge on any atom is 0.237 e. The molecule has 0 saturated carbocycles. The molecule has 4 nitrogen and oxygen atoms in total. The van der Waals surface area contributed by atoms with Crippen molar-refractivity contribution < 1.29 is 9.90 Å². The summed E-state index contributed by atoms with van der Waals surface area (Å²) in [5.74, 6) is 0.0948. The zero-order chi connectivity index (χ0) is 13.5. The number of hydrogen-bond donors (Lipinski definition) is 3. The molecule has 1 rings (SSSR count).